The number of alkyl halides is 3. The van der Waals surface area contributed by atoms with Crippen molar-refractivity contribution in [1.29, 1.82) is 0 Å². The van der Waals surface area contributed by atoms with E-state index >= 15 is 0 Å². The van der Waals surface area contributed by atoms with Gasteiger partial charge < -0.3 is 5.32 Å². The summed E-state index contributed by atoms with van der Waals surface area (Å²) in [5, 5.41) is 3.04. The molecular formula is C12H10Cl5NO2. The zero-order valence-corrected chi connectivity index (χ0v) is 14.0. The van der Waals surface area contributed by atoms with E-state index in [0.29, 0.717) is 5.02 Å². The van der Waals surface area contributed by atoms with Gasteiger partial charge in [-0.25, -0.2) is 0 Å². The Kier molecular flexibility index (Phi) is 6.42. The number of carbonyl (C=O) groups excluding carboxylic acids is 2. The molecule has 1 aromatic rings. The predicted octanol–water partition coefficient (Wildman–Crippen LogP) is 4.44. The minimum atomic E-state index is -1.81. The maximum absolute atomic E-state index is 12.2. The molecule has 1 amide bonds. The summed E-state index contributed by atoms with van der Waals surface area (Å²) in [7, 11) is 0. The maximum atomic E-state index is 12.2. The fourth-order valence-corrected chi connectivity index (χ4v) is 2.41. The standard InChI is InChI=1S/C12H10Cl5NO2/c1-6(19)18-11(12(15,16)17)5-10(20)8-3-2-7(13)4-9(8)14/h2-4,11H,5H2,1H3,(H,18,19)/t11-/m0/s1. The van der Waals surface area contributed by atoms with E-state index in [4.69, 9.17) is 58.0 Å². The molecule has 110 valence electrons. The zero-order chi connectivity index (χ0) is 15.5. The zero-order valence-electron chi connectivity index (χ0n) is 10.2. The summed E-state index contributed by atoms with van der Waals surface area (Å²) in [4.78, 5) is 23.2. The Morgan fingerprint density at radius 3 is 2.30 bits per heavy atom. The first kappa shape index (κ1) is 17.9. The van der Waals surface area contributed by atoms with Crippen LogP contribution < -0.4 is 5.32 Å². The Balaban J connectivity index is 2.93. The van der Waals surface area contributed by atoms with Crippen LogP contribution >= 0.6 is 58.0 Å². The Morgan fingerprint density at radius 1 is 1.25 bits per heavy atom. The van der Waals surface area contributed by atoms with Crippen LogP contribution in [-0.2, 0) is 4.79 Å². The third kappa shape index (κ3) is 5.30. The Hall–Kier alpha value is -0.190. The summed E-state index contributed by atoms with van der Waals surface area (Å²) in [5.74, 6) is -0.770. The minimum absolute atomic E-state index is 0.197. The van der Waals surface area contributed by atoms with Crippen molar-refractivity contribution in [2.75, 3.05) is 0 Å². The summed E-state index contributed by atoms with van der Waals surface area (Å²) >= 11 is 28.9. The molecule has 0 bridgehead atoms. The van der Waals surface area contributed by atoms with Crippen molar-refractivity contribution >= 4 is 69.7 Å². The van der Waals surface area contributed by atoms with Crippen molar-refractivity contribution < 1.29 is 9.59 Å². The number of nitrogens with one attached hydrogen (secondary N) is 1. The van der Waals surface area contributed by atoms with Gasteiger partial charge in [-0.15, -0.1) is 0 Å². The van der Waals surface area contributed by atoms with E-state index in [0.717, 1.165) is 0 Å². The summed E-state index contributed by atoms with van der Waals surface area (Å²) in [5.41, 5.74) is 0.251. The fraction of sp³-hybridized carbons (Fsp3) is 0.333. The van der Waals surface area contributed by atoms with Gasteiger partial charge in [-0.2, -0.15) is 0 Å². The molecular weight excluding hydrogens is 367 g/mol. The van der Waals surface area contributed by atoms with E-state index in [2.05, 4.69) is 5.32 Å². The first-order valence-corrected chi connectivity index (χ1v) is 7.32. The van der Waals surface area contributed by atoms with Crippen LogP contribution in [0.5, 0.6) is 0 Å². The molecule has 20 heavy (non-hydrogen) atoms. The predicted molar refractivity (Wildman–Crippen MR) is 83.3 cm³/mol. The second kappa shape index (κ2) is 7.19. The van der Waals surface area contributed by atoms with Crippen LogP contribution in [0, 0.1) is 0 Å². The van der Waals surface area contributed by atoms with Gasteiger partial charge in [0.05, 0.1) is 11.1 Å². The lowest BCUT2D eigenvalue weighted by Gasteiger charge is -2.24. The fourth-order valence-electron chi connectivity index (χ4n) is 1.50. The molecule has 1 aromatic carbocycles. The van der Waals surface area contributed by atoms with Crippen molar-refractivity contribution in [2.45, 2.75) is 23.2 Å². The summed E-state index contributed by atoms with van der Waals surface area (Å²) in [6.07, 6.45) is -0.197. The molecule has 0 aliphatic rings. The maximum Gasteiger partial charge on any atom is 0.217 e. The van der Waals surface area contributed by atoms with Crippen LogP contribution in [0.4, 0.5) is 0 Å². The molecule has 0 saturated carbocycles. The number of ketones is 1. The third-order valence-corrected chi connectivity index (χ3v) is 3.73. The summed E-state index contributed by atoms with van der Waals surface area (Å²) in [6, 6.07) is 3.50. The Labute approximate surface area is 141 Å². The van der Waals surface area contributed by atoms with Crippen LogP contribution in [0.3, 0.4) is 0 Å². The lowest BCUT2D eigenvalue weighted by molar-refractivity contribution is -0.119. The average molecular weight is 377 g/mol. The molecule has 0 fully saturated rings. The molecule has 8 heteroatoms. The van der Waals surface area contributed by atoms with Gasteiger partial charge in [0.1, 0.15) is 0 Å². The van der Waals surface area contributed by atoms with Crippen molar-refractivity contribution in [3.63, 3.8) is 0 Å². The van der Waals surface area contributed by atoms with Crippen LogP contribution in [0.25, 0.3) is 0 Å². The van der Waals surface area contributed by atoms with E-state index in [1.165, 1.54) is 25.1 Å². The SMILES string of the molecule is CC(=O)N[C@@H](CC(=O)c1ccc(Cl)cc1Cl)C(Cl)(Cl)Cl. The van der Waals surface area contributed by atoms with Crippen LogP contribution in [0.15, 0.2) is 18.2 Å². The first-order valence-electron chi connectivity index (χ1n) is 5.43. The molecule has 1 N–H and O–H groups in total. The number of benzene rings is 1. The molecule has 0 radical (unpaired) electrons. The van der Waals surface area contributed by atoms with Crippen molar-refractivity contribution in [3.05, 3.63) is 33.8 Å². The van der Waals surface area contributed by atoms with Gasteiger partial charge in [-0.1, -0.05) is 58.0 Å². The Bertz CT molecular complexity index is 527. The van der Waals surface area contributed by atoms with Gasteiger partial charge in [-0.05, 0) is 18.2 Å². The van der Waals surface area contributed by atoms with Gasteiger partial charge >= 0.3 is 0 Å². The third-order valence-electron chi connectivity index (χ3n) is 2.39. The molecule has 1 rings (SSSR count). The molecule has 0 aliphatic carbocycles. The van der Waals surface area contributed by atoms with Crippen LogP contribution in [0.1, 0.15) is 23.7 Å². The summed E-state index contributed by atoms with van der Waals surface area (Å²) in [6.45, 7) is 1.27. The second-order valence-corrected chi connectivity index (χ2v) is 7.26. The van der Waals surface area contributed by atoms with Gasteiger partial charge in [0.25, 0.3) is 0 Å². The summed E-state index contributed by atoms with van der Waals surface area (Å²) < 4.78 is -1.81. The molecule has 0 spiro atoms. The van der Waals surface area contributed by atoms with E-state index in [-0.39, 0.29) is 22.8 Å². The highest BCUT2D eigenvalue weighted by Gasteiger charge is 2.35. The van der Waals surface area contributed by atoms with Crippen molar-refractivity contribution in [2.24, 2.45) is 0 Å². The first-order chi connectivity index (χ1) is 9.11. The van der Waals surface area contributed by atoms with Crippen LogP contribution in [-0.4, -0.2) is 21.5 Å². The van der Waals surface area contributed by atoms with Gasteiger partial charge in [0.2, 0.25) is 9.70 Å². The van der Waals surface area contributed by atoms with Crippen LogP contribution in [0.2, 0.25) is 10.0 Å². The van der Waals surface area contributed by atoms with Gasteiger partial charge in [0, 0.05) is 23.9 Å². The number of hydrogen-bond donors (Lipinski definition) is 1. The lowest BCUT2D eigenvalue weighted by atomic mass is 10.0. The van der Waals surface area contributed by atoms with E-state index in [9.17, 15) is 9.59 Å². The average Bonchev–Trinajstić information content (AvgIpc) is 2.25. The monoisotopic (exact) mass is 375 g/mol. The molecule has 0 heterocycles. The van der Waals surface area contributed by atoms with Gasteiger partial charge in [0.15, 0.2) is 5.78 Å². The van der Waals surface area contributed by atoms with E-state index in [1.807, 2.05) is 0 Å². The minimum Gasteiger partial charge on any atom is -0.349 e. The van der Waals surface area contributed by atoms with E-state index < -0.39 is 15.7 Å². The molecule has 3 nitrogen and oxygen atoms in total. The number of rotatable bonds is 4. The molecule has 0 aliphatic heterocycles. The highest BCUT2D eigenvalue weighted by Crippen LogP contribution is 2.33. The normalized spacial score (nSPS) is 12.9. The highest BCUT2D eigenvalue weighted by molar-refractivity contribution is 6.68. The number of Topliss-reactive ketones (excluding diaryl/α,β-unsaturated/α-hetero) is 1. The quantitative estimate of drug-likeness (QED) is 0.623. The van der Waals surface area contributed by atoms with Gasteiger partial charge in [-0.3, -0.25) is 9.59 Å². The number of hydrogen-bond acceptors (Lipinski definition) is 2. The number of halogens is 5. The van der Waals surface area contributed by atoms with Crippen molar-refractivity contribution in [1.82, 2.24) is 5.32 Å². The topological polar surface area (TPSA) is 46.2 Å². The number of carbonyl (C=O) groups is 2. The lowest BCUT2D eigenvalue weighted by Crippen LogP contribution is -2.44. The molecule has 0 unspecified atom stereocenters. The Morgan fingerprint density at radius 2 is 1.85 bits per heavy atom. The number of amides is 1. The van der Waals surface area contributed by atoms with E-state index in [1.54, 1.807) is 0 Å². The second-order valence-electron chi connectivity index (χ2n) is 4.05. The molecule has 1 atom stereocenters. The smallest absolute Gasteiger partial charge is 0.217 e. The highest BCUT2D eigenvalue weighted by atomic mass is 35.6. The molecule has 0 aromatic heterocycles. The molecule has 0 saturated heterocycles. The largest absolute Gasteiger partial charge is 0.349 e. The van der Waals surface area contributed by atoms with Crippen molar-refractivity contribution in [3.8, 4) is 0 Å².